The molecule has 0 spiro atoms. The molecule has 0 N–H and O–H groups in total. The third kappa shape index (κ3) is 5.12. The fourth-order valence-electron chi connectivity index (χ4n) is 7.80. The maximum Gasteiger partial charge on any atom is 0.136 e. The summed E-state index contributed by atoms with van der Waals surface area (Å²) in [5.74, 6) is 0. The van der Waals surface area contributed by atoms with E-state index in [0.29, 0.717) is 0 Å². The molecule has 0 aliphatic rings. The first-order valence-electron chi connectivity index (χ1n) is 17.8. The summed E-state index contributed by atoms with van der Waals surface area (Å²) in [6.45, 7) is 0. The standard InChI is InChI=1S/C50H33NO/c1-3-20-42-34(12-1)14-9-23-43(42)39-18-7-16-37(32-39)38-17-8-19-41(33-38)51(47-25-10-15-35-13-2-4-21-44(35)47)40-30-28-36(29-31-40)45-24-11-27-49-50(45)46-22-5-6-26-48(46)52-49/h1-33H. The number of furan rings is 1. The lowest BCUT2D eigenvalue weighted by molar-refractivity contribution is 0.669. The van der Waals surface area contributed by atoms with Crippen LogP contribution in [0, 0.1) is 0 Å². The molecule has 0 atom stereocenters. The van der Waals surface area contributed by atoms with Gasteiger partial charge >= 0.3 is 0 Å². The fourth-order valence-corrected chi connectivity index (χ4v) is 7.80. The van der Waals surface area contributed by atoms with Gasteiger partial charge in [-0.15, -0.1) is 0 Å². The van der Waals surface area contributed by atoms with Crippen molar-refractivity contribution in [1.82, 2.24) is 0 Å². The van der Waals surface area contributed by atoms with Crippen LogP contribution in [0.5, 0.6) is 0 Å². The lowest BCUT2D eigenvalue weighted by atomic mass is 9.95. The van der Waals surface area contributed by atoms with E-state index in [0.717, 1.165) is 44.6 Å². The SMILES string of the molecule is c1cc(-c2cccc(N(c3ccc(-c4cccc5oc6ccccc6c45)cc3)c3cccc4ccccc34)c2)cc(-c2cccc3ccccc23)c1. The van der Waals surface area contributed by atoms with E-state index in [1.807, 2.05) is 12.1 Å². The van der Waals surface area contributed by atoms with Gasteiger partial charge in [0.25, 0.3) is 0 Å². The fraction of sp³-hybridized carbons (Fsp3) is 0. The molecule has 10 rings (SSSR count). The van der Waals surface area contributed by atoms with Crippen LogP contribution in [-0.2, 0) is 0 Å². The third-order valence-electron chi connectivity index (χ3n) is 10.2. The van der Waals surface area contributed by atoms with Gasteiger partial charge in [0.05, 0.1) is 5.69 Å². The molecule has 1 aromatic heterocycles. The highest BCUT2D eigenvalue weighted by atomic mass is 16.3. The zero-order valence-electron chi connectivity index (χ0n) is 28.4. The number of rotatable bonds is 6. The normalized spacial score (nSPS) is 11.5. The largest absolute Gasteiger partial charge is 0.456 e. The molecular weight excluding hydrogens is 631 g/mol. The van der Waals surface area contributed by atoms with Crippen molar-refractivity contribution in [1.29, 1.82) is 0 Å². The van der Waals surface area contributed by atoms with Gasteiger partial charge in [-0.05, 0) is 98.1 Å². The molecule has 0 aliphatic heterocycles. The molecule has 0 radical (unpaired) electrons. The highest BCUT2D eigenvalue weighted by Gasteiger charge is 2.18. The zero-order valence-corrected chi connectivity index (χ0v) is 28.4. The van der Waals surface area contributed by atoms with Crippen molar-refractivity contribution in [2.45, 2.75) is 0 Å². The molecule has 9 aromatic carbocycles. The van der Waals surface area contributed by atoms with Gasteiger partial charge in [-0.1, -0.05) is 152 Å². The average Bonchev–Trinajstić information content (AvgIpc) is 3.60. The van der Waals surface area contributed by atoms with Crippen LogP contribution in [-0.4, -0.2) is 0 Å². The summed E-state index contributed by atoms with van der Waals surface area (Å²) in [6.07, 6.45) is 0. The zero-order chi connectivity index (χ0) is 34.4. The molecule has 0 saturated carbocycles. The number of hydrogen-bond acceptors (Lipinski definition) is 2. The Morgan fingerprint density at radius 2 is 0.904 bits per heavy atom. The topological polar surface area (TPSA) is 16.4 Å². The van der Waals surface area contributed by atoms with E-state index in [2.05, 4.69) is 193 Å². The number of fused-ring (bicyclic) bond motifs is 5. The summed E-state index contributed by atoms with van der Waals surface area (Å²) in [5, 5.41) is 7.20. The smallest absolute Gasteiger partial charge is 0.136 e. The van der Waals surface area contributed by atoms with Crippen LogP contribution >= 0.6 is 0 Å². The maximum absolute atomic E-state index is 6.22. The van der Waals surface area contributed by atoms with Crippen LogP contribution < -0.4 is 4.90 Å². The average molecular weight is 664 g/mol. The van der Waals surface area contributed by atoms with Crippen LogP contribution in [0.1, 0.15) is 0 Å². The molecule has 2 nitrogen and oxygen atoms in total. The number of benzene rings is 9. The predicted molar refractivity (Wildman–Crippen MR) is 220 cm³/mol. The van der Waals surface area contributed by atoms with Crippen molar-refractivity contribution in [2.24, 2.45) is 0 Å². The van der Waals surface area contributed by atoms with Crippen LogP contribution in [0.4, 0.5) is 17.1 Å². The van der Waals surface area contributed by atoms with Gasteiger partial charge in [-0.25, -0.2) is 0 Å². The third-order valence-corrected chi connectivity index (χ3v) is 10.2. The molecule has 244 valence electrons. The van der Waals surface area contributed by atoms with Gasteiger partial charge in [-0.3, -0.25) is 0 Å². The van der Waals surface area contributed by atoms with Crippen LogP contribution in [0.25, 0.3) is 76.9 Å². The number of para-hydroxylation sites is 1. The van der Waals surface area contributed by atoms with Crippen molar-refractivity contribution < 1.29 is 4.42 Å². The molecule has 52 heavy (non-hydrogen) atoms. The van der Waals surface area contributed by atoms with Gasteiger partial charge in [0.2, 0.25) is 0 Å². The Kier molecular flexibility index (Phi) is 7.18. The summed E-state index contributed by atoms with van der Waals surface area (Å²) < 4.78 is 6.22. The van der Waals surface area contributed by atoms with Gasteiger partial charge < -0.3 is 9.32 Å². The van der Waals surface area contributed by atoms with E-state index in [-0.39, 0.29) is 0 Å². The second-order valence-electron chi connectivity index (χ2n) is 13.3. The molecule has 2 heteroatoms. The first-order chi connectivity index (χ1) is 25.8. The van der Waals surface area contributed by atoms with E-state index in [9.17, 15) is 0 Å². The summed E-state index contributed by atoms with van der Waals surface area (Å²) in [7, 11) is 0. The first kappa shape index (κ1) is 30.0. The molecule has 0 amide bonds. The minimum atomic E-state index is 0.904. The Morgan fingerprint density at radius 1 is 0.327 bits per heavy atom. The van der Waals surface area contributed by atoms with Crippen molar-refractivity contribution in [3.05, 3.63) is 200 Å². The molecule has 0 unspecified atom stereocenters. The summed E-state index contributed by atoms with van der Waals surface area (Å²) in [4.78, 5) is 2.39. The lowest BCUT2D eigenvalue weighted by Gasteiger charge is -2.27. The van der Waals surface area contributed by atoms with Crippen molar-refractivity contribution in [3.8, 4) is 33.4 Å². The van der Waals surface area contributed by atoms with E-state index in [1.54, 1.807) is 0 Å². The van der Waals surface area contributed by atoms with E-state index in [1.165, 1.54) is 49.4 Å². The number of nitrogens with zero attached hydrogens (tertiary/aromatic N) is 1. The lowest BCUT2D eigenvalue weighted by Crippen LogP contribution is -2.10. The minimum absolute atomic E-state index is 0.904. The minimum Gasteiger partial charge on any atom is -0.456 e. The first-order valence-corrected chi connectivity index (χ1v) is 17.8. The van der Waals surface area contributed by atoms with Crippen molar-refractivity contribution in [3.63, 3.8) is 0 Å². The van der Waals surface area contributed by atoms with Gasteiger partial charge in [0, 0.05) is 27.5 Å². The molecule has 10 aromatic rings. The quantitative estimate of drug-likeness (QED) is 0.176. The number of hydrogen-bond donors (Lipinski definition) is 0. The predicted octanol–water partition coefficient (Wildman–Crippen LogP) is 14.4. The highest BCUT2D eigenvalue weighted by molar-refractivity contribution is 6.12. The van der Waals surface area contributed by atoms with Crippen LogP contribution in [0.15, 0.2) is 205 Å². The Balaban J connectivity index is 1.10. The second kappa shape index (κ2) is 12.5. The van der Waals surface area contributed by atoms with E-state index >= 15 is 0 Å². The Bertz CT molecular complexity index is 2910. The molecule has 0 saturated heterocycles. The van der Waals surface area contributed by atoms with Gasteiger partial charge in [0.1, 0.15) is 11.2 Å². The molecule has 0 bridgehead atoms. The maximum atomic E-state index is 6.22. The monoisotopic (exact) mass is 663 g/mol. The molecule has 0 aliphatic carbocycles. The Labute approximate surface area is 302 Å². The summed E-state index contributed by atoms with van der Waals surface area (Å²) in [5.41, 5.74) is 12.3. The molecular formula is C50H33NO. The number of anilines is 3. The van der Waals surface area contributed by atoms with Crippen molar-refractivity contribution >= 4 is 60.5 Å². The highest BCUT2D eigenvalue weighted by Crippen LogP contribution is 2.42. The van der Waals surface area contributed by atoms with Crippen LogP contribution in [0.3, 0.4) is 0 Å². The van der Waals surface area contributed by atoms with Crippen LogP contribution in [0.2, 0.25) is 0 Å². The van der Waals surface area contributed by atoms with E-state index < -0.39 is 0 Å². The second-order valence-corrected chi connectivity index (χ2v) is 13.3. The summed E-state index contributed by atoms with van der Waals surface area (Å²) >= 11 is 0. The molecule has 0 fully saturated rings. The Morgan fingerprint density at radius 3 is 1.75 bits per heavy atom. The van der Waals surface area contributed by atoms with E-state index in [4.69, 9.17) is 4.42 Å². The Hall–Kier alpha value is -6.90. The van der Waals surface area contributed by atoms with Crippen molar-refractivity contribution in [2.75, 3.05) is 4.90 Å². The van der Waals surface area contributed by atoms with Gasteiger partial charge in [0.15, 0.2) is 0 Å². The summed E-state index contributed by atoms with van der Waals surface area (Å²) in [6, 6.07) is 71.8. The molecule has 1 heterocycles. The van der Waals surface area contributed by atoms with Gasteiger partial charge in [-0.2, -0.15) is 0 Å².